The third-order valence-corrected chi connectivity index (χ3v) is 1.35. The molecule has 0 saturated heterocycles. The maximum atomic E-state index is 5.39. The molecule has 0 aromatic carbocycles. The molecule has 0 fully saturated rings. The lowest BCUT2D eigenvalue weighted by molar-refractivity contribution is 0.319. The standard InChI is InChI=1S/C7H6Cl3NO/c1-5-2-3-6(4-11-5)12-7(8,9)10/h2-4H,1H3. The van der Waals surface area contributed by atoms with Crippen molar-refractivity contribution in [1.82, 2.24) is 4.98 Å². The van der Waals surface area contributed by atoms with Gasteiger partial charge in [-0.3, -0.25) is 4.98 Å². The second-order valence-corrected chi connectivity index (χ2v) is 4.36. The number of rotatable bonds is 1. The maximum Gasteiger partial charge on any atom is 0.338 e. The molecular weight excluding hydrogens is 220 g/mol. The summed E-state index contributed by atoms with van der Waals surface area (Å²) in [5.41, 5.74) is 0.881. The van der Waals surface area contributed by atoms with Gasteiger partial charge in [0.25, 0.3) is 0 Å². The van der Waals surface area contributed by atoms with Crippen molar-refractivity contribution in [2.24, 2.45) is 0 Å². The fourth-order valence-corrected chi connectivity index (χ4v) is 0.916. The molecule has 0 N–H and O–H groups in total. The fourth-order valence-electron chi connectivity index (χ4n) is 0.648. The molecule has 12 heavy (non-hydrogen) atoms. The largest absolute Gasteiger partial charge is 0.444 e. The van der Waals surface area contributed by atoms with Gasteiger partial charge in [-0.1, -0.05) is 0 Å². The molecule has 1 rings (SSSR count). The highest BCUT2D eigenvalue weighted by Gasteiger charge is 2.21. The predicted molar refractivity (Wildman–Crippen MR) is 49.9 cm³/mol. The van der Waals surface area contributed by atoms with Crippen molar-refractivity contribution in [2.45, 2.75) is 10.9 Å². The van der Waals surface area contributed by atoms with E-state index in [2.05, 4.69) is 4.98 Å². The smallest absolute Gasteiger partial charge is 0.338 e. The molecule has 5 heteroatoms. The van der Waals surface area contributed by atoms with Gasteiger partial charge in [0.05, 0.1) is 6.20 Å². The third-order valence-electron chi connectivity index (χ3n) is 1.12. The zero-order valence-electron chi connectivity index (χ0n) is 6.22. The number of aryl methyl sites for hydroxylation is 1. The number of aromatic nitrogens is 1. The molecule has 1 heterocycles. The Kier molecular flexibility index (Phi) is 3.04. The topological polar surface area (TPSA) is 22.1 Å². The van der Waals surface area contributed by atoms with Gasteiger partial charge in [0, 0.05) is 5.69 Å². The van der Waals surface area contributed by atoms with Crippen LogP contribution in [0.5, 0.6) is 5.75 Å². The van der Waals surface area contributed by atoms with Crippen LogP contribution in [0.15, 0.2) is 18.3 Å². The van der Waals surface area contributed by atoms with Gasteiger partial charge < -0.3 is 4.74 Å². The van der Waals surface area contributed by atoms with Crippen LogP contribution in [0.4, 0.5) is 0 Å². The van der Waals surface area contributed by atoms with Crippen molar-refractivity contribution in [3.8, 4) is 5.75 Å². The summed E-state index contributed by atoms with van der Waals surface area (Å²) in [7, 11) is 0. The second kappa shape index (κ2) is 3.69. The van der Waals surface area contributed by atoms with E-state index in [1.165, 1.54) is 6.20 Å². The molecule has 0 unspecified atom stereocenters. The van der Waals surface area contributed by atoms with E-state index in [1.807, 2.05) is 6.92 Å². The van der Waals surface area contributed by atoms with Crippen molar-refractivity contribution < 1.29 is 4.74 Å². The summed E-state index contributed by atoms with van der Waals surface area (Å²) in [6, 6.07) is 3.45. The zero-order valence-corrected chi connectivity index (χ0v) is 8.49. The third kappa shape index (κ3) is 3.48. The van der Waals surface area contributed by atoms with E-state index in [0.717, 1.165) is 5.69 Å². The summed E-state index contributed by atoms with van der Waals surface area (Å²) < 4.78 is 3.17. The van der Waals surface area contributed by atoms with Crippen molar-refractivity contribution in [1.29, 1.82) is 0 Å². The van der Waals surface area contributed by atoms with Gasteiger partial charge in [-0.25, -0.2) is 0 Å². The van der Waals surface area contributed by atoms with E-state index in [1.54, 1.807) is 12.1 Å². The molecule has 1 aromatic rings. The summed E-state index contributed by atoms with van der Waals surface area (Å²) in [5.74, 6) is 0.431. The molecule has 0 aliphatic heterocycles. The maximum absolute atomic E-state index is 5.39. The van der Waals surface area contributed by atoms with Gasteiger partial charge in [0.1, 0.15) is 5.75 Å². The van der Waals surface area contributed by atoms with Crippen molar-refractivity contribution in [2.75, 3.05) is 0 Å². The molecule has 66 valence electrons. The predicted octanol–water partition coefficient (Wildman–Crippen LogP) is 3.10. The van der Waals surface area contributed by atoms with E-state index in [4.69, 9.17) is 39.5 Å². The number of hydrogen-bond acceptors (Lipinski definition) is 2. The van der Waals surface area contributed by atoms with Gasteiger partial charge in [0.2, 0.25) is 0 Å². The second-order valence-electron chi connectivity index (χ2n) is 2.18. The van der Waals surface area contributed by atoms with Crippen molar-refractivity contribution >= 4 is 34.8 Å². The summed E-state index contributed by atoms with van der Waals surface area (Å²) in [4.78, 5) is 3.96. The molecule has 0 amide bonds. The van der Waals surface area contributed by atoms with Gasteiger partial charge in [-0.2, -0.15) is 0 Å². The number of nitrogens with zero attached hydrogens (tertiary/aromatic N) is 1. The summed E-state index contributed by atoms with van der Waals surface area (Å²) in [6.07, 6.45) is 1.50. The molecule has 0 aliphatic carbocycles. The first-order valence-electron chi connectivity index (χ1n) is 3.16. The highest BCUT2D eigenvalue weighted by atomic mass is 35.6. The fraction of sp³-hybridized carbons (Fsp3) is 0.286. The Morgan fingerprint density at radius 3 is 2.42 bits per heavy atom. The van der Waals surface area contributed by atoms with Crippen LogP contribution in [-0.2, 0) is 0 Å². The zero-order chi connectivity index (χ0) is 9.19. The van der Waals surface area contributed by atoms with Gasteiger partial charge in [-0.15, -0.1) is 0 Å². The van der Waals surface area contributed by atoms with Crippen molar-refractivity contribution in [3.05, 3.63) is 24.0 Å². The molecule has 0 radical (unpaired) electrons. The van der Waals surface area contributed by atoms with Crippen LogP contribution in [0.25, 0.3) is 0 Å². The normalized spacial score (nSPS) is 11.3. The van der Waals surface area contributed by atoms with Gasteiger partial charge in [-0.05, 0) is 53.9 Å². The average Bonchev–Trinajstić information content (AvgIpc) is 1.91. The number of pyridine rings is 1. The Bertz CT molecular complexity index is 254. The van der Waals surface area contributed by atoms with E-state index in [-0.39, 0.29) is 0 Å². The van der Waals surface area contributed by atoms with Crippen LogP contribution in [0.3, 0.4) is 0 Å². The van der Waals surface area contributed by atoms with Crippen LogP contribution in [0.2, 0.25) is 0 Å². The number of halogens is 3. The average molecular weight is 226 g/mol. The molecule has 0 atom stereocenters. The lowest BCUT2D eigenvalue weighted by Gasteiger charge is -2.12. The van der Waals surface area contributed by atoms with Crippen LogP contribution in [0.1, 0.15) is 5.69 Å². The molecular formula is C7H6Cl3NO. The van der Waals surface area contributed by atoms with Gasteiger partial charge in [0.15, 0.2) is 0 Å². The Morgan fingerprint density at radius 1 is 1.33 bits per heavy atom. The lowest BCUT2D eigenvalue weighted by atomic mass is 10.4. The lowest BCUT2D eigenvalue weighted by Crippen LogP contribution is -2.12. The van der Waals surface area contributed by atoms with Crippen LogP contribution < -0.4 is 4.74 Å². The number of hydrogen-bond donors (Lipinski definition) is 0. The van der Waals surface area contributed by atoms with Crippen LogP contribution in [0, 0.1) is 6.92 Å². The Labute approximate surface area is 85.4 Å². The summed E-state index contributed by atoms with van der Waals surface area (Å²) >= 11 is 16.2. The molecule has 0 aliphatic rings. The minimum Gasteiger partial charge on any atom is -0.444 e. The molecule has 1 aromatic heterocycles. The van der Waals surface area contributed by atoms with E-state index < -0.39 is 3.98 Å². The monoisotopic (exact) mass is 225 g/mol. The first-order valence-corrected chi connectivity index (χ1v) is 4.29. The Morgan fingerprint density at radius 2 is 2.00 bits per heavy atom. The molecule has 0 bridgehead atoms. The number of alkyl halides is 3. The quantitative estimate of drug-likeness (QED) is 0.687. The minimum atomic E-state index is -1.73. The van der Waals surface area contributed by atoms with E-state index in [9.17, 15) is 0 Å². The van der Waals surface area contributed by atoms with Gasteiger partial charge >= 0.3 is 3.98 Å². The van der Waals surface area contributed by atoms with Crippen molar-refractivity contribution in [3.63, 3.8) is 0 Å². The molecule has 2 nitrogen and oxygen atoms in total. The SMILES string of the molecule is Cc1ccc(OC(Cl)(Cl)Cl)cn1. The van der Waals surface area contributed by atoms with E-state index in [0.29, 0.717) is 5.75 Å². The van der Waals surface area contributed by atoms with Crippen LogP contribution in [-0.4, -0.2) is 8.96 Å². The Hall–Kier alpha value is -0.180. The minimum absolute atomic E-state index is 0.431. The summed E-state index contributed by atoms with van der Waals surface area (Å²) in [6.45, 7) is 1.86. The number of ether oxygens (including phenoxy) is 1. The van der Waals surface area contributed by atoms with Crippen LogP contribution >= 0.6 is 34.8 Å². The summed E-state index contributed by atoms with van der Waals surface area (Å²) in [5, 5.41) is 0. The highest BCUT2D eigenvalue weighted by molar-refractivity contribution is 6.66. The Balaban J connectivity index is 2.71. The first-order chi connectivity index (χ1) is 5.47. The highest BCUT2D eigenvalue weighted by Crippen LogP contribution is 2.29. The molecule has 0 spiro atoms. The van der Waals surface area contributed by atoms with E-state index >= 15 is 0 Å². The molecule has 0 saturated carbocycles. The first kappa shape index (κ1) is 9.90.